The largest absolute Gasteiger partial charge is 0.492 e. The summed E-state index contributed by atoms with van der Waals surface area (Å²) in [6.07, 6.45) is 9.81. The minimum atomic E-state index is 0.539. The van der Waals surface area contributed by atoms with Crippen LogP contribution in [0.4, 0.5) is 0 Å². The lowest BCUT2D eigenvalue weighted by atomic mass is 9.93. The molecule has 0 radical (unpaired) electrons. The summed E-state index contributed by atoms with van der Waals surface area (Å²) in [4.78, 5) is 4.28. The van der Waals surface area contributed by atoms with Crippen LogP contribution in [0.3, 0.4) is 0 Å². The maximum absolute atomic E-state index is 5.73. The molecule has 2 unspecified atom stereocenters. The fraction of sp³-hybridized carbons (Fsp3) is 0.562. The van der Waals surface area contributed by atoms with Crippen molar-refractivity contribution in [1.29, 1.82) is 0 Å². The molecule has 0 aliphatic carbocycles. The van der Waals surface area contributed by atoms with Gasteiger partial charge in [0.2, 0.25) is 0 Å². The Morgan fingerprint density at radius 2 is 2.32 bits per heavy atom. The summed E-state index contributed by atoms with van der Waals surface area (Å²) in [5.41, 5.74) is 2.68. The molecule has 0 saturated carbocycles. The first-order valence-corrected chi connectivity index (χ1v) is 7.25. The van der Waals surface area contributed by atoms with Gasteiger partial charge in [0, 0.05) is 18.3 Å². The molecule has 0 spiro atoms. The second-order valence-corrected chi connectivity index (χ2v) is 6.08. The Balaban J connectivity index is 1.71. The van der Waals surface area contributed by atoms with Crippen molar-refractivity contribution in [3.8, 4) is 5.75 Å². The molecular weight excluding hydrogens is 236 g/mol. The molecule has 1 N–H and O–H groups in total. The summed E-state index contributed by atoms with van der Waals surface area (Å²) in [5, 5.41) is 3.63. The highest BCUT2D eigenvalue weighted by atomic mass is 16.5. The van der Waals surface area contributed by atoms with Crippen LogP contribution in [0.15, 0.2) is 24.0 Å². The second kappa shape index (κ2) is 5.33. The zero-order valence-corrected chi connectivity index (χ0v) is 11.7. The highest BCUT2D eigenvalue weighted by Crippen LogP contribution is 2.33. The van der Waals surface area contributed by atoms with Crippen molar-refractivity contribution >= 4 is 6.08 Å². The Kier molecular flexibility index (Phi) is 3.56. The standard InChI is InChI=1S/C16H22N2O/c1-11(2)10-19-15-6-12(8-17-9-15)5-13-7-14-3-4-16(13)18-14/h5-6,8-9,11,14,16,18H,3-4,7,10H2,1-2H3. The molecule has 3 nitrogen and oxygen atoms in total. The second-order valence-electron chi connectivity index (χ2n) is 6.08. The van der Waals surface area contributed by atoms with Crippen LogP contribution in [-0.4, -0.2) is 23.7 Å². The molecule has 1 aromatic rings. The molecule has 2 atom stereocenters. The SMILES string of the molecule is CC(C)COc1cncc(C=C2CC3CCC2N3)c1. The number of ether oxygens (including phenoxy) is 1. The van der Waals surface area contributed by atoms with E-state index in [4.69, 9.17) is 4.74 Å². The van der Waals surface area contributed by atoms with E-state index in [0.29, 0.717) is 18.0 Å². The van der Waals surface area contributed by atoms with Crippen molar-refractivity contribution in [2.24, 2.45) is 5.92 Å². The maximum atomic E-state index is 5.73. The summed E-state index contributed by atoms with van der Waals surface area (Å²) >= 11 is 0. The molecule has 2 aliphatic heterocycles. The normalized spacial score (nSPS) is 27.4. The minimum absolute atomic E-state index is 0.539. The van der Waals surface area contributed by atoms with Gasteiger partial charge < -0.3 is 10.1 Å². The zero-order valence-electron chi connectivity index (χ0n) is 11.7. The summed E-state index contributed by atoms with van der Waals surface area (Å²) in [6.45, 7) is 5.05. The van der Waals surface area contributed by atoms with Gasteiger partial charge in [-0.05, 0) is 36.8 Å². The Morgan fingerprint density at radius 1 is 1.42 bits per heavy atom. The number of pyridine rings is 1. The van der Waals surface area contributed by atoms with Gasteiger partial charge in [-0.2, -0.15) is 0 Å². The number of rotatable bonds is 4. The lowest BCUT2D eigenvalue weighted by Crippen LogP contribution is -2.18. The van der Waals surface area contributed by atoms with Gasteiger partial charge in [0.1, 0.15) is 5.75 Å². The van der Waals surface area contributed by atoms with Gasteiger partial charge in [0.15, 0.2) is 0 Å². The van der Waals surface area contributed by atoms with Crippen LogP contribution in [0.1, 0.15) is 38.7 Å². The summed E-state index contributed by atoms with van der Waals surface area (Å²) < 4.78 is 5.73. The molecule has 1 aromatic heterocycles. The highest BCUT2D eigenvalue weighted by Gasteiger charge is 2.34. The molecule has 2 aliphatic rings. The number of nitrogens with zero attached hydrogens (tertiary/aromatic N) is 1. The predicted octanol–water partition coefficient (Wildman–Crippen LogP) is 3.02. The van der Waals surface area contributed by atoms with Crippen LogP contribution in [0, 0.1) is 5.92 Å². The van der Waals surface area contributed by atoms with Gasteiger partial charge in [-0.1, -0.05) is 25.5 Å². The van der Waals surface area contributed by atoms with Crippen LogP contribution >= 0.6 is 0 Å². The fourth-order valence-electron chi connectivity index (χ4n) is 2.93. The molecule has 2 bridgehead atoms. The van der Waals surface area contributed by atoms with Gasteiger partial charge in [-0.15, -0.1) is 0 Å². The third-order valence-electron chi connectivity index (χ3n) is 3.84. The lowest BCUT2D eigenvalue weighted by Gasteiger charge is -2.12. The maximum Gasteiger partial charge on any atom is 0.138 e. The summed E-state index contributed by atoms with van der Waals surface area (Å²) in [5.74, 6) is 1.41. The zero-order chi connectivity index (χ0) is 13.2. The van der Waals surface area contributed by atoms with E-state index in [9.17, 15) is 0 Å². The topological polar surface area (TPSA) is 34.1 Å². The monoisotopic (exact) mass is 258 g/mol. The van der Waals surface area contributed by atoms with E-state index >= 15 is 0 Å². The van der Waals surface area contributed by atoms with Crippen LogP contribution in [0.5, 0.6) is 5.75 Å². The number of fused-ring (bicyclic) bond motifs is 2. The Morgan fingerprint density at radius 3 is 3.00 bits per heavy atom. The Hall–Kier alpha value is -1.35. The van der Waals surface area contributed by atoms with Crippen LogP contribution < -0.4 is 10.1 Å². The molecule has 2 saturated heterocycles. The molecule has 0 aromatic carbocycles. The van der Waals surface area contributed by atoms with Crippen molar-refractivity contribution in [3.63, 3.8) is 0 Å². The van der Waals surface area contributed by atoms with Crippen molar-refractivity contribution in [2.75, 3.05) is 6.61 Å². The number of nitrogens with one attached hydrogen (secondary N) is 1. The van der Waals surface area contributed by atoms with Crippen LogP contribution in [0.25, 0.3) is 6.08 Å². The van der Waals surface area contributed by atoms with Gasteiger partial charge >= 0.3 is 0 Å². The average molecular weight is 258 g/mol. The Bertz CT molecular complexity index is 481. The molecule has 0 amide bonds. The third kappa shape index (κ3) is 2.98. The van der Waals surface area contributed by atoms with Gasteiger partial charge in [-0.3, -0.25) is 4.98 Å². The number of aromatic nitrogens is 1. The highest BCUT2D eigenvalue weighted by molar-refractivity contribution is 5.56. The first kappa shape index (κ1) is 12.7. The van der Waals surface area contributed by atoms with E-state index in [-0.39, 0.29) is 0 Å². The van der Waals surface area contributed by atoms with Gasteiger partial charge in [0.05, 0.1) is 12.8 Å². The molecular formula is C16H22N2O. The quantitative estimate of drug-likeness (QED) is 0.901. The van der Waals surface area contributed by atoms with E-state index < -0.39 is 0 Å². The predicted molar refractivity (Wildman–Crippen MR) is 77.1 cm³/mol. The Labute approximate surface area is 115 Å². The van der Waals surface area contributed by atoms with Crippen molar-refractivity contribution in [1.82, 2.24) is 10.3 Å². The van der Waals surface area contributed by atoms with Crippen molar-refractivity contribution in [2.45, 2.75) is 45.2 Å². The third-order valence-corrected chi connectivity index (χ3v) is 3.84. The smallest absolute Gasteiger partial charge is 0.138 e. The summed E-state index contributed by atoms with van der Waals surface area (Å²) in [6, 6.07) is 3.41. The minimum Gasteiger partial charge on any atom is -0.492 e. The summed E-state index contributed by atoms with van der Waals surface area (Å²) in [7, 11) is 0. The number of hydrogen-bond donors (Lipinski definition) is 1. The molecule has 3 heterocycles. The van der Waals surface area contributed by atoms with E-state index in [2.05, 4.69) is 36.3 Å². The van der Waals surface area contributed by atoms with E-state index in [1.165, 1.54) is 24.8 Å². The molecule has 3 rings (SSSR count). The molecule has 19 heavy (non-hydrogen) atoms. The van der Waals surface area contributed by atoms with Crippen LogP contribution in [-0.2, 0) is 0 Å². The first-order chi connectivity index (χ1) is 9.20. The van der Waals surface area contributed by atoms with E-state index in [0.717, 1.165) is 17.9 Å². The van der Waals surface area contributed by atoms with Crippen LogP contribution in [0.2, 0.25) is 0 Å². The first-order valence-electron chi connectivity index (χ1n) is 7.25. The molecule has 2 fully saturated rings. The van der Waals surface area contributed by atoms with Crippen molar-refractivity contribution < 1.29 is 4.74 Å². The lowest BCUT2D eigenvalue weighted by molar-refractivity contribution is 0.270. The van der Waals surface area contributed by atoms with E-state index in [1.807, 2.05) is 6.20 Å². The molecule has 102 valence electrons. The number of hydrogen-bond acceptors (Lipinski definition) is 3. The van der Waals surface area contributed by atoms with Gasteiger partial charge in [-0.25, -0.2) is 0 Å². The fourth-order valence-corrected chi connectivity index (χ4v) is 2.93. The van der Waals surface area contributed by atoms with E-state index in [1.54, 1.807) is 6.20 Å². The van der Waals surface area contributed by atoms with Gasteiger partial charge in [0.25, 0.3) is 0 Å². The molecule has 3 heteroatoms. The average Bonchev–Trinajstić information content (AvgIpc) is 2.99. The van der Waals surface area contributed by atoms with Crippen molar-refractivity contribution in [3.05, 3.63) is 29.6 Å².